The van der Waals surface area contributed by atoms with Crippen molar-refractivity contribution < 1.29 is 9.21 Å². The summed E-state index contributed by atoms with van der Waals surface area (Å²) in [5, 5.41) is 3.02. The minimum atomic E-state index is -0.563. The van der Waals surface area contributed by atoms with E-state index in [0.717, 1.165) is 25.7 Å². The first-order valence-electron chi connectivity index (χ1n) is 7.07. The number of amides is 1. The van der Waals surface area contributed by atoms with Crippen LogP contribution in [0.15, 0.2) is 33.5 Å². The molecule has 5 nitrogen and oxygen atoms in total. The van der Waals surface area contributed by atoms with Crippen molar-refractivity contribution in [1.29, 1.82) is 0 Å². The van der Waals surface area contributed by atoms with Gasteiger partial charge in [-0.1, -0.05) is 25.0 Å². The van der Waals surface area contributed by atoms with E-state index in [1.54, 1.807) is 25.1 Å². The number of hydrogen-bond acceptors (Lipinski definition) is 3. The van der Waals surface area contributed by atoms with Gasteiger partial charge in [-0.3, -0.25) is 9.36 Å². The molecule has 0 saturated heterocycles. The normalized spacial score (nSPS) is 17.4. The summed E-state index contributed by atoms with van der Waals surface area (Å²) in [6.45, 7) is 1.73. The third-order valence-corrected chi connectivity index (χ3v) is 3.99. The van der Waals surface area contributed by atoms with E-state index in [1.165, 1.54) is 4.57 Å². The van der Waals surface area contributed by atoms with E-state index < -0.39 is 11.8 Å². The number of benzene rings is 1. The Hall–Kier alpha value is -2.04. The molecule has 1 fully saturated rings. The Balaban J connectivity index is 1.87. The number of oxazole rings is 1. The van der Waals surface area contributed by atoms with E-state index in [2.05, 4.69) is 5.32 Å². The van der Waals surface area contributed by atoms with Crippen molar-refractivity contribution in [3.63, 3.8) is 0 Å². The van der Waals surface area contributed by atoms with Gasteiger partial charge in [0.15, 0.2) is 5.58 Å². The van der Waals surface area contributed by atoms with Gasteiger partial charge in [-0.25, -0.2) is 4.79 Å². The molecule has 1 amide bonds. The first-order chi connectivity index (χ1) is 9.66. The molecule has 0 bridgehead atoms. The van der Waals surface area contributed by atoms with Crippen molar-refractivity contribution in [3.05, 3.63) is 34.8 Å². The average Bonchev–Trinajstić information content (AvgIpc) is 3.04. The molecule has 2 aromatic rings. The van der Waals surface area contributed by atoms with Crippen LogP contribution in [-0.4, -0.2) is 16.5 Å². The molecule has 1 atom stereocenters. The molecule has 5 heteroatoms. The van der Waals surface area contributed by atoms with E-state index in [4.69, 9.17) is 4.42 Å². The summed E-state index contributed by atoms with van der Waals surface area (Å²) in [4.78, 5) is 24.2. The van der Waals surface area contributed by atoms with E-state index in [-0.39, 0.29) is 11.9 Å². The highest BCUT2D eigenvalue weighted by Crippen LogP contribution is 2.20. The topological polar surface area (TPSA) is 64.2 Å². The van der Waals surface area contributed by atoms with Crippen molar-refractivity contribution in [1.82, 2.24) is 9.88 Å². The quantitative estimate of drug-likeness (QED) is 0.933. The second-order valence-corrected chi connectivity index (χ2v) is 5.37. The number of nitrogens with zero attached hydrogens (tertiary/aromatic N) is 1. The Morgan fingerprint density at radius 2 is 2.05 bits per heavy atom. The van der Waals surface area contributed by atoms with Crippen LogP contribution >= 0.6 is 0 Å². The van der Waals surface area contributed by atoms with Gasteiger partial charge in [-0.2, -0.15) is 0 Å². The second kappa shape index (κ2) is 5.15. The molecule has 0 aliphatic heterocycles. The van der Waals surface area contributed by atoms with Crippen LogP contribution in [0.25, 0.3) is 11.1 Å². The lowest BCUT2D eigenvalue weighted by Crippen LogP contribution is -2.39. The van der Waals surface area contributed by atoms with Gasteiger partial charge in [0.1, 0.15) is 6.04 Å². The molecular formula is C15H18N2O3. The van der Waals surface area contributed by atoms with Crippen LogP contribution in [0.5, 0.6) is 0 Å². The van der Waals surface area contributed by atoms with Gasteiger partial charge in [0.25, 0.3) is 0 Å². The highest BCUT2D eigenvalue weighted by molar-refractivity contribution is 5.83. The zero-order valence-electron chi connectivity index (χ0n) is 11.5. The van der Waals surface area contributed by atoms with Crippen LogP contribution in [0.4, 0.5) is 0 Å². The molecule has 1 N–H and O–H groups in total. The maximum atomic E-state index is 12.3. The molecule has 3 rings (SSSR count). The zero-order valence-corrected chi connectivity index (χ0v) is 11.5. The van der Waals surface area contributed by atoms with Gasteiger partial charge in [0, 0.05) is 6.04 Å². The van der Waals surface area contributed by atoms with Gasteiger partial charge < -0.3 is 9.73 Å². The fourth-order valence-electron chi connectivity index (χ4n) is 2.86. The number of para-hydroxylation sites is 2. The monoisotopic (exact) mass is 274 g/mol. The van der Waals surface area contributed by atoms with Crippen LogP contribution in [0, 0.1) is 0 Å². The maximum Gasteiger partial charge on any atom is 0.420 e. The number of fused-ring (bicyclic) bond motifs is 1. The van der Waals surface area contributed by atoms with Gasteiger partial charge in [0.05, 0.1) is 5.52 Å². The van der Waals surface area contributed by atoms with Crippen molar-refractivity contribution >= 4 is 17.0 Å². The molecule has 1 unspecified atom stereocenters. The molecule has 0 radical (unpaired) electrons. The van der Waals surface area contributed by atoms with Crippen LogP contribution in [0.1, 0.15) is 38.6 Å². The van der Waals surface area contributed by atoms with Crippen LogP contribution in [0.2, 0.25) is 0 Å². The van der Waals surface area contributed by atoms with Gasteiger partial charge in [-0.05, 0) is 31.9 Å². The fourth-order valence-corrected chi connectivity index (χ4v) is 2.86. The molecule has 1 aliphatic rings. The molecule has 0 spiro atoms. The summed E-state index contributed by atoms with van der Waals surface area (Å²) in [6, 6.07) is 6.84. The molecule has 1 saturated carbocycles. The Bertz CT molecular complexity index is 680. The Kier molecular flexibility index (Phi) is 3.34. The highest BCUT2D eigenvalue weighted by atomic mass is 16.4. The first kappa shape index (κ1) is 13.0. The predicted octanol–water partition coefficient (Wildman–Crippen LogP) is 2.21. The predicted molar refractivity (Wildman–Crippen MR) is 75.6 cm³/mol. The Labute approximate surface area is 116 Å². The number of carbonyl (C=O) groups is 1. The SMILES string of the molecule is CC(C(=O)NC1CCCC1)n1c(=O)oc2ccccc21. The lowest BCUT2D eigenvalue weighted by Gasteiger charge is -2.17. The summed E-state index contributed by atoms with van der Waals surface area (Å²) < 4.78 is 6.58. The highest BCUT2D eigenvalue weighted by Gasteiger charge is 2.24. The number of hydrogen-bond donors (Lipinski definition) is 1. The summed E-state index contributed by atoms with van der Waals surface area (Å²) >= 11 is 0. The maximum absolute atomic E-state index is 12.3. The number of rotatable bonds is 3. The molecule has 106 valence electrons. The third-order valence-electron chi connectivity index (χ3n) is 3.99. The Morgan fingerprint density at radius 3 is 2.80 bits per heavy atom. The van der Waals surface area contributed by atoms with Crippen LogP contribution < -0.4 is 11.1 Å². The van der Waals surface area contributed by atoms with E-state index in [9.17, 15) is 9.59 Å². The van der Waals surface area contributed by atoms with Crippen molar-refractivity contribution in [2.45, 2.75) is 44.7 Å². The van der Waals surface area contributed by atoms with Crippen LogP contribution in [0.3, 0.4) is 0 Å². The van der Waals surface area contributed by atoms with Crippen molar-refractivity contribution in [2.75, 3.05) is 0 Å². The van der Waals surface area contributed by atoms with Crippen molar-refractivity contribution in [3.8, 4) is 0 Å². The summed E-state index contributed by atoms with van der Waals surface area (Å²) in [6.07, 6.45) is 4.38. The lowest BCUT2D eigenvalue weighted by atomic mass is 10.2. The molecule has 1 heterocycles. The molecule has 1 aromatic heterocycles. The molecule has 1 aromatic carbocycles. The minimum Gasteiger partial charge on any atom is -0.408 e. The van der Waals surface area contributed by atoms with Gasteiger partial charge >= 0.3 is 5.76 Å². The molecule has 1 aliphatic carbocycles. The van der Waals surface area contributed by atoms with Crippen LogP contribution in [-0.2, 0) is 4.79 Å². The lowest BCUT2D eigenvalue weighted by molar-refractivity contribution is -0.124. The smallest absolute Gasteiger partial charge is 0.408 e. The summed E-state index contributed by atoms with van der Waals surface area (Å²) in [5.74, 6) is -0.606. The van der Waals surface area contributed by atoms with E-state index >= 15 is 0 Å². The minimum absolute atomic E-state index is 0.120. The van der Waals surface area contributed by atoms with E-state index in [1.807, 2.05) is 6.07 Å². The van der Waals surface area contributed by atoms with E-state index in [0.29, 0.717) is 11.1 Å². The average molecular weight is 274 g/mol. The second-order valence-electron chi connectivity index (χ2n) is 5.37. The standard InChI is InChI=1S/C15H18N2O3/c1-10(14(18)16-11-6-2-3-7-11)17-12-8-4-5-9-13(12)20-15(17)19/h4-5,8-11H,2-3,6-7H2,1H3,(H,16,18). The number of aromatic nitrogens is 1. The summed E-state index contributed by atoms with van der Waals surface area (Å²) in [5.41, 5.74) is 1.17. The summed E-state index contributed by atoms with van der Waals surface area (Å²) in [7, 11) is 0. The third kappa shape index (κ3) is 2.24. The van der Waals surface area contributed by atoms with Gasteiger partial charge in [0.2, 0.25) is 5.91 Å². The Morgan fingerprint density at radius 1 is 1.35 bits per heavy atom. The fraction of sp³-hybridized carbons (Fsp3) is 0.467. The zero-order chi connectivity index (χ0) is 14.1. The molecular weight excluding hydrogens is 256 g/mol. The van der Waals surface area contributed by atoms with Crippen molar-refractivity contribution in [2.24, 2.45) is 0 Å². The number of carbonyl (C=O) groups excluding carboxylic acids is 1. The largest absolute Gasteiger partial charge is 0.420 e. The first-order valence-corrected chi connectivity index (χ1v) is 7.07. The molecule has 20 heavy (non-hydrogen) atoms. The van der Waals surface area contributed by atoms with Gasteiger partial charge in [-0.15, -0.1) is 0 Å². The number of nitrogens with one attached hydrogen (secondary N) is 1.